The van der Waals surface area contributed by atoms with Crippen molar-refractivity contribution in [2.75, 3.05) is 7.05 Å². The fourth-order valence-corrected chi connectivity index (χ4v) is 1.71. The monoisotopic (exact) mass is 138 g/mol. The lowest BCUT2D eigenvalue weighted by molar-refractivity contribution is -0.711. The van der Waals surface area contributed by atoms with Crippen molar-refractivity contribution in [2.24, 2.45) is 4.99 Å². The third kappa shape index (κ3) is 0.587. The Bertz CT molecular complexity index is 229. The lowest BCUT2D eigenvalue weighted by atomic mass is 10.6. The molecule has 0 fully saturated rings. The van der Waals surface area contributed by atoms with E-state index in [0.29, 0.717) is 4.48 Å². The summed E-state index contributed by atoms with van der Waals surface area (Å²) in [6.45, 7) is 0. The second-order valence-electron chi connectivity index (χ2n) is 2.15. The van der Waals surface area contributed by atoms with Crippen LogP contribution in [0.2, 0.25) is 0 Å². The Morgan fingerprint density at radius 3 is 3.44 bits per heavy atom. The third-order valence-electron chi connectivity index (χ3n) is 1.43. The van der Waals surface area contributed by atoms with Crippen molar-refractivity contribution in [3.63, 3.8) is 0 Å². The molecule has 0 saturated heterocycles. The van der Waals surface area contributed by atoms with E-state index in [2.05, 4.69) is 24.4 Å². The molecule has 0 N–H and O–H groups in total. The van der Waals surface area contributed by atoms with E-state index in [1.54, 1.807) is 18.0 Å². The number of hydrogen-bond acceptors (Lipinski definition) is 2. The fourth-order valence-electron chi connectivity index (χ4n) is 0.839. The van der Waals surface area contributed by atoms with Gasteiger partial charge in [-0.2, -0.15) is 4.99 Å². The van der Waals surface area contributed by atoms with Gasteiger partial charge in [0, 0.05) is 5.41 Å². The maximum atomic E-state index is 4.12. The van der Waals surface area contributed by atoms with Crippen molar-refractivity contribution in [3.05, 3.63) is 24.0 Å². The largest absolute Gasteiger partial charge is 0.278 e. The predicted molar refractivity (Wildman–Crippen MR) is 38.2 cm³/mol. The van der Waals surface area contributed by atoms with E-state index in [-0.39, 0.29) is 0 Å². The second-order valence-corrected chi connectivity index (χ2v) is 3.02. The van der Waals surface area contributed by atoms with Crippen LogP contribution in [0.5, 0.6) is 0 Å². The zero-order valence-electron chi connectivity index (χ0n) is 5.03. The van der Waals surface area contributed by atoms with Crippen LogP contribution in [0.25, 0.3) is 0 Å². The molecule has 2 rings (SSSR count). The molecule has 45 valence electrons. The smallest absolute Gasteiger partial charge is 0.206 e. The molecular formula is C6H6N2S+. The van der Waals surface area contributed by atoms with Crippen LogP contribution in [0.3, 0.4) is 0 Å². The Morgan fingerprint density at radius 1 is 1.78 bits per heavy atom. The van der Waals surface area contributed by atoms with Crippen molar-refractivity contribution in [1.29, 1.82) is 0 Å². The van der Waals surface area contributed by atoms with Gasteiger partial charge in [0.1, 0.15) is 12.4 Å². The normalized spacial score (nSPS) is 37.2. The van der Waals surface area contributed by atoms with Crippen molar-refractivity contribution >= 4 is 16.9 Å². The first kappa shape index (κ1) is 5.26. The molecule has 0 aromatic heterocycles. The average molecular weight is 138 g/mol. The number of thioether (sulfide) groups is 1. The number of aliphatic imine (C=N–C) groups is 1. The van der Waals surface area contributed by atoms with Gasteiger partial charge in [0.05, 0.1) is 7.05 Å². The van der Waals surface area contributed by atoms with Crippen molar-refractivity contribution in [1.82, 2.24) is 0 Å². The number of nitrogens with zero attached hydrogens (tertiary/aromatic N) is 2. The summed E-state index contributed by atoms with van der Waals surface area (Å²) in [6.07, 6.45) is 6.89. The standard InChI is InChI=1S/C6H6N2S/c1-8-3-2-7-6(8)9-5-4-8/h2,4-5H,1H3/q+1. The highest BCUT2D eigenvalue weighted by Crippen LogP contribution is 2.29. The number of rotatable bonds is 0. The second kappa shape index (κ2) is 1.49. The van der Waals surface area contributed by atoms with E-state index >= 15 is 0 Å². The zero-order chi connectivity index (χ0) is 6.32. The summed E-state index contributed by atoms with van der Waals surface area (Å²) in [5.41, 5.74) is 0. The Kier molecular flexibility index (Phi) is 0.870. The summed E-state index contributed by atoms with van der Waals surface area (Å²) in [4.78, 5) is 4.12. The topological polar surface area (TPSA) is 12.4 Å². The van der Waals surface area contributed by atoms with Gasteiger partial charge in [0.2, 0.25) is 6.20 Å². The Labute approximate surface area is 58.2 Å². The number of hydrogen-bond donors (Lipinski definition) is 0. The molecule has 0 amide bonds. The quantitative estimate of drug-likeness (QED) is 0.459. The minimum Gasteiger partial charge on any atom is -0.206 e. The van der Waals surface area contributed by atoms with Crippen LogP contribution in [0.15, 0.2) is 22.8 Å². The number of amidine groups is 1. The van der Waals surface area contributed by atoms with Gasteiger partial charge in [-0.15, -0.1) is 0 Å². The summed E-state index contributed by atoms with van der Waals surface area (Å²) >= 11 is 1.66. The summed E-state index contributed by atoms with van der Waals surface area (Å²) in [5, 5.41) is 3.13. The van der Waals surface area contributed by atoms with Crippen LogP contribution in [0, 0.1) is 6.20 Å². The van der Waals surface area contributed by atoms with E-state index in [1.807, 2.05) is 5.41 Å². The highest BCUT2D eigenvalue weighted by Gasteiger charge is 2.33. The first-order valence-corrected chi connectivity index (χ1v) is 3.58. The molecule has 9 heavy (non-hydrogen) atoms. The summed E-state index contributed by atoms with van der Waals surface area (Å²) in [6, 6.07) is 0. The van der Waals surface area contributed by atoms with Crippen molar-refractivity contribution < 1.29 is 4.48 Å². The van der Waals surface area contributed by atoms with E-state index in [1.165, 1.54) is 0 Å². The van der Waals surface area contributed by atoms with Gasteiger partial charge in [0.15, 0.2) is 0 Å². The molecule has 1 atom stereocenters. The minimum absolute atomic E-state index is 0.644. The lowest BCUT2D eigenvalue weighted by Gasteiger charge is -2.13. The van der Waals surface area contributed by atoms with Crippen LogP contribution in [0.4, 0.5) is 0 Å². The summed E-state index contributed by atoms with van der Waals surface area (Å²) in [5.74, 6) is 0. The maximum absolute atomic E-state index is 4.12. The molecule has 1 radical (unpaired) electrons. The highest BCUT2D eigenvalue weighted by molar-refractivity contribution is 8.16. The van der Waals surface area contributed by atoms with Gasteiger partial charge in [0.25, 0.3) is 5.17 Å². The highest BCUT2D eigenvalue weighted by atomic mass is 32.2. The molecule has 2 heterocycles. The zero-order valence-corrected chi connectivity index (χ0v) is 5.85. The molecule has 3 heteroatoms. The van der Waals surface area contributed by atoms with Gasteiger partial charge >= 0.3 is 0 Å². The molecule has 2 nitrogen and oxygen atoms in total. The third-order valence-corrected chi connectivity index (χ3v) is 2.38. The van der Waals surface area contributed by atoms with Crippen LogP contribution >= 0.6 is 11.8 Å². The van der Waals surface area contributed by atoms with Crippen LogP contribution in [0.1, 0.15) is 0 Å². The molecule has 0 aromatic rings. The molecule has 0 aromatic carbocycles. The maximum Gasteiger partial charge on any atom is 0.278 e. The van der Waals surface area contributed by atoms with Crippen molar-refractivity contribution in [2.45, 2.75) is 0 Å². The number of fused-ring (bicyclic) bond motifs is 1. The predicted octanol–water partition coefficient (Wildman–Crippen LogP) is 1.29. The van der Waals surface area contributed by atoms with E-state index < -0.39 is 0 Å². The minimum atomic E-state index is 0.644. The average Bonchev–Trinajstić information content (AvgIpc) is 2.22. The Hall–Kier alpha value is -0.540. The van der Waals surface area contributed by atoms with Crippen LogP contribution in [-0.2, 0) is 0 Å². The Balaban J connectivity index is 2.50. The van der Waals surface area contributed by atoms with Gasteiger partial charge in [-0.25, -0.2) is 4.48 Å². The van der Waals surface area contributed by atoms with Gasteiger partial charge in [-0.1, -0.05) is 0 Å². The van der Waals surface area contributed by atoms with Gasteiger partial charge in [-0.05, 0) is 11.8 Å². The molecule has 0 spiro atoms. The van der Waals surface area contributed by atoms with Crippen molar-refractivity contribution in [3.8, 4) is 0 Å². The molecule has 0 aliphatic carbocycles. The molecule has 0 bridgehead atoms. The van der Waals surface area contributed by atoms with E-state index in [4.69, 9.17) is 0 Å². The molecular weight excluding hydrogens is 132 g/mol. The van der Waals surface area contributed by atoms with Crippen LogP contribution < -0.4 is 0 Å². The molecule has 1 unspecified atom stereocenters. The van der Waals surface area contributed by atoms with Gasteiger partial charge < -0.3 is 0 Å². The first-order chi connectivity index (χ1) is 4.31. The molecule has 2 aliphatic rings. The Morgan fingerprint density at radius 2 is 2.67 bits per heavy atom. The van der Waals surface area contributed by atoms with E-state index in [9.17, 15) is 0 Å². The van der Waals surface area contributed by atoms with Crippen LogP contribution in [-0.4, -0.2) is 16.7 Å². The number of quaternary nitrogens is 1. The summed E-state index contributed by atoms with van der Waals surface area (Å²) < 4.78 is 0.644. The SMILES string of the molecule is C[N+]12[C]=CN=C1SC=C2. The fraction of sp³-hybridized carbons (Fsp3) is 0.167. The molecule has 2 aliphatic heterocycles. The van der Waals surface area contributed by atoms with Gasteiger partial charge in [-0.3, -0.25) is 0 Å². The summed E-state index contributed by atoms with van der Waals surface area (Å²) in [7, 11) is 2.05. The van der Waals surface area contributed by atoms with E-state index in [0.717, 1.165) is 5.17 Å². The molecule has 0 saturated carbocycles. The lowest BCUT2D eigenvalue weighted by Crippen LogP contribution is -2.31. The first-order valence-electron chi connectivity index (χ1n) is 2.70.